The van der Waals surface area contributed by atoms with Crippen LogP contribution in [0.15, 0.2) is 34.0 Å². The van der Waals surface area contributed by atoms with E-state index in [0.717, 1.165) is 38.5 Å². The number of aromatic amines is 1. The topological polar surface area (TPSA) is 81.2 Å². The van der Waals surface area contributed by atoms with E-state index in [4.69, 9.17) is 4.74 Å². The van der Waals surface area contributed by atoms with E-state index in [0.29, 0.717) is 18.7 Å². The minimum absolute atomic E-state index is 0.327. The normalized spacial score (nSPS) is 10.4. The van der Waals surface area contributed by atoms with Crippen LogP contribution in [0.4, 0.5) is 0 Å². The SMILES string of the molecule is C=C(C)C(=O)OCCCCCCCCn1ccc(=O)[nH]c1=O. The standard InChI is InChI=1S/C16H24N2O4/c1-13(2)15(20)22-12-8-6-4-3-5-7-10-18-11-9-14(19)17-16(18)21/h9,11H,1,3-8,10,12H2,2H3,(H,17,19,21). The molecule has 0 aromatic carbocycles. The van der Waals surface area contributed by atoms with Gasteiger partial charge in [0.15, 0.2) is 0 Å². The molecule has 0 unspecified atom stereocenters. The maximum absolute atomic E-state index is 11.4. The first-order valence-electron chi connectivity index (χ1n) is 7.63. The zero-order valence-corrected chi connectivity index (χ0v) is 13.1. The van der Waals surface area contributed by atoms with Gasteiger partial charge in [-0.1, -0.05) is 32.3 Å². The summed E-state index contributed by atoms with van der Waals surface area (Å²) in [5.74, 6) is -0.327. The Morgan fingerprint density at radius 3 is 2.45 bits per heavy atom. The van der Waals surface area contributed by atoms with Gasteiger partial charge in [0.25, 0.3) is 5.56 Å². The van der Waals surface area contributed by atoms with Gasteiger partial charge in [0.05, 0.1) is 6.61 Å². The van der Waals surface area contributed by atoms with Crippen LogP contribution in [-0.4, -0.2) is 22.1 Å². The smallest absolute Gasteiger partial charge is 0.333 e. The number of esters is 1. The fourth-order valence-electron chi connectivity index (χ4n) is 2.00. The zero-order valence-electron chi connectivity index (χ0n) is 13.1. The average molecular weight is 308 g/mol. The van der Waals surface area contributed by atoms with Crippen molar-refractivity contribution in [3.8, 4) is 0 Å². The molecule has 0 bridgehead atoms. The molecule has 1 rings (SSSR count). The second-order valence-corrected chi connectivity index (χ2v) is 5.34. The molecule has 122 valence electrons. The highest BCUT2D eigenvalue weighted by atomic mass is 16.5. The molecule has 0 aliphatic rings. The predicted octanol–water partition coefficient (Wildman–Crippen LogP) is 2.00. The maximum Gasteiger partial charge on any atom is 0.333 e. The molecule has 6 heteroatoms. The monoisotopic (exact) mass is 308 g/mol. The summed E-state index contributed by atoms with van der Waals surface area (Å²) in [5, 5.41) is 0. The molecular formula is C16H24N2O4. The highest BCUT2D eigenvalue weighted by Gasteiger charge is 2.01. The quantitative estimate of drug-likeness (QED) is 0.407. The van der Waals surface area contributed by atoms with Crippen molar-refractivity contribution in [2.75, 3.05) is 6.61 Å². The third kappa shape index (κ3) is 7.06. The van der Waals surface area contributed by atoms with E-state index in [-0.39, 0.29) is 17.2 Å². The van der Waals surface area contributed by atoms with Gasteiger partial charge >= 0.3 is 11.7 Å². The van der Waals surface area contributed by atoms with Gasteiger partial charge in [-0.2, -0.15) is 0 Å². The fourth-order valence-corrected chi connectivity index (χ4v) is 2.00. The first-order valence-corrected chi connectivity index (χ1v) is 7.63. The lowest BCUT2D eigenvalue weighted by molar-refractivity contribution is -0.139. The Bertz CT molecular complexity index is 601. The molecule has 1 heterocycles. The number of rotatable bonds is 10. The van der Waals surface area contributed by atoms with Gasteiger partial charge in [0.1, 0.15) is 0 Å². The van der Waals surface area contributed by atoms with Crippen molar-refractivity contribution < 1.29 is 9.53 Å². The summed E-state index contributed by atoms with van der Waals surface area (Å²) in [6.45, 7) is 6.22. The molecule has 22 heavy (non-hydrogen) atoms. The molecule has 1 aromatic heterocycles. The summed E-state index contributed by atoms with van der Waals surface area (Å²) >= 11 is 0. The number of H-pyrrole nitrogens is 1. The van der Waals surface area contributed by atoms with E-state index in [1.54, 1.807) is 6.92 Å². The molecule has 1 N–H and O–H groups in total. The number of carbonyl (C=O) groups is 1. The first-order chi connectivity index (χ1) is 10.5. The van der Waals surface area contributed by atoms with E-state index in [1.165, 1.54) is 16.8 Å². The molecular weight excluding hydrogens is 284 g/mol. The van der Waals surface area contributed by atoms with E-state index in [9.17, 15) is 14.4 Å². The van der Waals surface area contributed by atoms with Crippen LogP contribution in [0.1, 0.15) is 45.4 Å². The van der Waals surface area contributed by atoms with Crippen LogP contribution in [-0.2, 0) is 16.1 Å². The van der Waals surface area contributed by atoms with Gasteiger partial charge in [-0.25, -0.2) is 9.59 Å². The Morgan fingerprint density at radius 1 is 1.18 bits per heavy atom. The van der Waals surface area contributed by atoms with E-state index < -0.39 is 0 Å². The maximum atomic E-state index is 11.4. The van der Waals surface area contributed by atoms with Crippen LogP contribution in [0.2, 0.25) is 0 Å². The lowest BCUT2D eigenvalue weighted by Crippen LogP contribution is -2.28. The molecule has 0 amide bonds. The number of hydrogen-bond acceptors (Lipinski definition) is 4. The second kappa shape index (κ2) is 9.76. The summed E-state index contributed by atoms with van der Waals surface area (Å²) in [4.78, 5) is 35.7. The van der Waals surface area contributed by atoms with Crippen LogP contribution >= 0.6 is 0 Å². The van der Waals surface area contributed by atoms with Crippen LogP contribution in [0, 0.1) is 0 Å². The summed E-state index contributed by atoms with van der Waals surface area (Å²) in [5.41, 5.74) is -0.294. The van der Waals surface area contributed by atoms with Crippen LogP contribution < -0.4 is 11.2 Å². The summed E-state index contributed by atoms with van der Waals surface area (Å²) in [7, 11) is 0. The highest BCUT2D eigenvalue weighted by molar-refractivity contribution is 5.86. The molecule has 0 saturated carbocycles. The molecule has 0 atom stereocenters. The average Bonchev–Trinajstić information content (AvgIpc) is 2.47. The highest BCUT2D eigenvalue weighted by Crippen LogP contribution is 2.06. The predicted molar refractivity (Wildman–Crippen MR) is 84.8 cm³/mol. The third-order valence-corrected chi connectivity index (χ3v) is 3.27. The Hall–Kier alpha value is -2.11. The molecule has 0 fully saturated rings. The second-order valence-electron chi connectivity index (χ2n) is 5.34. The largest absolute Gasteiger partial charge is 0.462 e. The lowest BCUT2D eigenvalue weighted by atomic mass is 10.1. The van der Waals surface area contributed by atoms with E-state index in [2.05, 4.69) is 11.6 Å². The van der Waals surface area contributed by atoms with Crippen LogP contribution in [0.25, 0.3) is 0 Å². The third-order valence-electron chi connectivity index (χ3n) is 3.27. The van der Waals surface area contributed by atoms with Gasteiger partial charge in [-0.15, -0.1) is 0 Å². The Balaban J connectivity index is 2.02. The number of aryl methyl sites for hydroxylation is 1. The minimum atomic E-state index is -0.367. The van der Waals surface area contributed by atoms with Crippen molar-refractivity contribution in [1.29, 1.82) is 0 Å². The molecule has 0 aliphatic carbocycles. The molecule has 6 nitrogen and oxygen atoms in total. The first kappa shape index (κ1) is 17.9. The van der Waals surface area contributed by atoms with Gasteiger partial charge in [0, 0.05) is 24.4 Å². The Labute approximate surface area is 129 Å². The zero-order chi connectivity index (χ0) is 16.4. The lowest BCUT2D eigenvalue weighted by Gasteiger charge is -2.05. The van der Waals surface area contributed by atoms with Crippen molar-refractivity contribution in [3.05, 3.63) is 45.3 Å². The van der Waals surface area contributed by atoms with Crippen molar-refractivity contribution >= 4 is 5.97 Å². The van der Waals surface area contributed by atoms with Crippen molar-refractivity contribution in [2.45, 2.75) is 52.0 Å². The molecule has 0 radical (unpaired) electrons. The minimum Gasteiger partial charge on any atom is -0.462 e. The Kier molecular flexibility index (Phi) is 7.96. The van der Waals surface area contributed by atoms with Gasteiger partial charge in [-0.05, 0) is 19.8 Å². The fraction of sp³-hybridized carbons (Fsp3) is 0.562. The van der Waals surface area contributed by atoms with Crippen molar-refractivity contribution in [3.63, 3.8) is 0 Å². The number of hydrogen-bond donors (Lipinski definition) is 1. The summed E-state index contributed by atoms with van der Waals surface area (Å²) < 4.78 is 6.52. The number of aromatic nitrogens is 2. The molecule has 0 aliphatic heterocycles. The van der Waals surface area contributed by atoms with Gasteiger partial charge < -0.3 is 9.30 Å². The number of nitrogens with zero attached hydrogens (tertiary/aromatic N) is 1. The summed E-state index contributed by atoms with van der Waals surface area (Å²) in [6, 6.07) is 1.35. The van der Waals surface area contributed by atoms with Crippen LogP contribution in [0.3, 0.4) is 0 Å². The number of nitrogens with one attached hydrogen (secondary N) is 1. The molecule has 0 spiro atoms. The van der Waals surface area contributed by atoms with Crippen LogP contribution in [0.5, 0.6) is 0 Å². The van der Waals surface area contributed by atoms with E-state index in [1.807, 2.05) is 0 Å². The summed E-state index contributed by atoms with van der Waals surface area (Å²) in [6.07, 6.45) is 7.48. The van der Waals surface area contributed by atoms with Gasteiger partial charge in [0.2, 0.25) is 0 Å². The van der Waals surface area contributed by atoms with Crippen molar-refractivity contribution in [1.82, 2.24) is 9.55 Å². The molecule has 0 saturated heterocycles. The van der Waals surface area contributed by atoms with Gasteiger partial charge in [-0.3, -0.25) is 9.78 Å². The number of carbonyl (C=O) groups excluding carboxylic acids is 1. The molecule has 1 aromatic rings. The van der Waals surface area contributed by atoms with Crippen molar-refractivity contribution in [2.24, 2.45) is 0 Å². The number of ether oxygens (including phenoxy) is 1. The Morgan fingerprint density at radius 2 is 1.82 bits per heavy atom. The number of unbranched alkanes of at least 4 members (excludes halogenated alkanes) is 5. The van der Waals surface area contributed by atoms with E-state index >= 15 is 0 Å².